The van der Waals surface area contributed by atoms with Crippen LogP contribution < -0.4 is 10.6 Å². The van der Waals surface area contributed by atoms with Crippen LogP contribution in [0.4, 0.5) is 4.79 Å². The van der Waals surface area contributed by atoms with E-state index in [-0.39, 0.29) is 12.1 Å². The van der Waals surface area contributed by atoms with Crippen LogP contribution >= 0.6 is 0 Å². The number of hydrogen-bond acceptors (Lipinski definition) is 3. The normalized spacial score (nSPS) is 17.6. The van der Waals surface area contributed by atoms with E-state index in [1.807, 2.05) is 20.8 Å². The van der Waals surface area contributed by atoms with Crippen molar-refractivity contribution in [3.05, 3.63) is 0 Å². The summed E-state index contributed by atoms with van der Waals surface area (Å²) in [5, 5.41) is 6.37. The van der Waals surface area contributed by atoms with E-state index >= 15 is 0 Å². The quantitative estimate of drug-likeness (QED) is 0.752. The molecular formula is C13H26N2O2. The highest BCUT2D eigenvalue weighted by Crippen LogP contribution is 2.18. The van der Waals surface area contributed by atoms with Gasteiger partial charge in [-0.05, 0) is 40.0 Å². The molecule has 1 aliphatic rings. The average molecular weight is 242 g/mol. The SMILES string of the molecule is CCCC(CNC1CC1)NC(=O)OC(C)(C)C. The lowest BCUT2D eigenvalue weighted by molar-refractivity contribution is 0.0501. The Morgan fingerprint density at radius 1 is 1.41 bits per heavy atom. The lowest BCUT2D eigenvalue weighted by Crippen LogP contribution is -2.44. The van der Waals surface area contributed by atoms with Crippen molar-refractivity contribution in [2.45, 2.75) is 71.1 Å². The van der Waals surface area contributed by atoms with Gasteiger partial charge in [-0.15, -0.1) is 0 Å². The first-order valence-electron chi connectivity index (χ1n) is 6.63. The van der Waals surface area contributed by atoms with Crippen molar-refractivity contribution in [3.63, 3.8) is 0 Å². The van der Waals surface area contributed by atoms with E-state index in [0.29, 0.717) is 6.04 Å². The predicted molar refractivity (Wildman–Crippen MR) is 69.1 cm³/mol. The summed E-state index contributed by atoms with van der Waals surface area (Å²) in [6.07, 6.45) is 4.27. The number of carbonyl (C=O) groups is 1. The fraction of sp³-hybridized carbons (Fsp3) is 0.923. The smallest absolute Gasteiger partial charge is 0.407 e. The molecule has 0 aromatic rings. The van der Waals surface area contributed by atoms with Crippen molar-refractivity contribution >= 4 is 6.09 Å². The zero-order valence-corrected chi connectivity index (χ0v) is 11.5. The van der Waals surface area contributed by atoms with Crippen LogP contribution in [-0.4, -0.2) is 30.3 Å². The summed E-state index contributed by atoms with van der Waals surface area (Å²) >= 11 is 0. The van der Waals surface area contributed by atoms with Gasteiger partial charge in [0.05, 0.1) is 0 Å². The van der Waals surface area contributed by atoms with E-state index in [0.717, 1.165) is 19.4 Å². The van der Waals surface area contributed by atoms with Crippen molar-refractivity contribution in [2.24, 2.45) is 0 Å². The van der Waals surface area contributed by atoms with Gasteiger partial charge < -0.3 is 15.4 Å². The van der Waals surface area contributed by atoms with Gasteiger partial charge in [0, 0.05) is 18.6 Å². The van der Waals surface area contributed by atoms with Gasteiger partial charge in [-0.3, -0.25) is 0 Å². The highest BCUT2D eigenvalue weighted by atomic mass is 16.6. The number of nitrogens with one attached hydrogen (secondary N) is 2. The molecular weight excluding hydrogens is 216 g/mol. The molecule has 17 heavy (non-hydrogen) atoms. The van der Waals surface area contributed by atoms with E-state index < -0.39 is 5.60 Å². The topological polar surface area (TPSA) is 50.4 Å². The van der Waals surface area contributed by atoms with Gasteiger partial charge in [-0.2, -0.15) is 0 Å². The zero-order valence-electron chi connectivity index (χ0n) is 11.5. The largest absolute Gasteiger partial charge is 0.444 e. The van der Waals surface area contributed by atoms with Gasteiger partial charge in [0.15, 0.2) is 0 Å². The molecule has 1 rings (SSSR count). The van der Waals surface area contributed by atoms with Gasteiger partial charge in [0.25, 0.3) is 0 Å². The molecule has 1 atom stereocenters. The molecule has 1 amide bonds. The summed E-state index contributed by atoms with van der Waals surface area (Å²) < 4.78 is 5.26. The average Bonchev–Trinajstić information content (AvgIpc) is 2.94. The molecule has 1 unspecified atom stereocenters. The molecule has 0 radical (unpaired) electrons. The maximum absolute atomic E-state index is 11.6. The molecule has 1 fully saturated rings. The van der Waals surface area contributed by atoms with E-state index in [1.54, 1.807) is 0 Å². The minimum atomic E-state index is -0.426. The molecule has 4 heteroatoms. The summed E-state index contributed by atoms with van der Waals surface area (Å²) in [5.41, 5.74) is -0.426. The molecule has 0 aromatic heterocycles. The van der Waals surface area contributed by atoms with Crippen LogP contribution in [0, 0.1) is 0 Å². The Morgan fingerprint density at radius 3 is 2.53 bits per heavy atom. The van der Waals surface area contributed by atoms with Crippen molar-refractivity contribution in [1.29, 1.82) is 0 Å². The highest BCUT2D eigenvalue weighted by Gasteiger charge is 2.23. The van der Waals surface area contributed by atoms with E-state index in [2.05, 4.69) is 17.6 Å². The van der Waals surface area contributed by atoms with Gasteiger partial charge in [0.2, 0.25) is 0 Å². The fourth-order valence-corrected chi connectivity index (χ4v) is 1.64. The second-order valence-corrected chi connectivity index (χ2v) is 5.81. The molecule has 0 heterocycles. The molecule has 1 saturated carbocycles. The van der Waals surface area contributed by atoms with Gasteiger partial charge in [-0.25, -0.2) is 4.79 Å². The van der Waals surface area contributed by atoms with Crippen LogP contribution in [-0.2, 0) is 4.74 Å². The number of amides is 1. The summed E-state index contributed by atoms with van der Waals surface area (Å²) in [6.45, 7) is 8.61. The minimum Gasteiger partial charge on any atom is -0.444 e. The van der Waals surface area contributed by atoms with Crippen molar-refractivity contribution in [3.8, 4) is 0 Å². The molecule has 0 aromatic carbocycles. The molecule has 4 nitrogen and oxygen atoms in total. The minimum absolute atomic E-state index is 0.176. The summed E-state index contributed by atoms with van der Waals surface area (Å²) in [5.74, 6) is 0. The van der Waals surface area contributed by atoms with Crippen LogP contribution in [0.2, 0.25) is 0 Å². The van der Waals surface area contributed by atoms with E-state index in [4.69, 9.17) is 4.74 Å². The lowest BCUT2D eigenvalue weighted by Gasteiger charge is -2.23. The molecule has 1 aliphatic carbocycles. The first-order valence-corrected chi connectivity index (χ1v) is 6.63. The maximum Gasteiger partial charge on any atom is 0.407 e. The van der Waals surface area contributed by atoms with Gasteiger partial charge >= 0.3 is 6.09 Å². The van der Waals surface area contributed by atoms with Crippen molar-refractivity contribution in [2.75, 3.05) is 6.54 Å². The molecule has 2 N–H and O–H groups in total. The first kappa shape index (κ1) is 14.3. The number of hydrogen-bond donors (Lipinski definition) is 2. The Bertz CT molecular complexity index is 244. The summed E-state index contributed by atoms with van der Waals surface area (Å²) in [7, 11) is 0. The second-order valence-electron chi connectivity index (χ2n) is 5.81. The van der Waals surface area contributed by atoms with Crippen LogP contribution in [0.1, 0.15) is 53.4 Å². The number of alkyl carbamates (subject to hydrolysis) is 1. The Balaban J connectivity index is 2.27. The zero-order chi connectivity index (χ0) is 12.9. The highest BCUT2D eigenvalue weighted by molar-refractivity contribution is 5.68. The Hall–Kier alpha value is -0.770. The monoisotopic (exact) mass is 242 g/mol. The number of rotatable bonds is 6. The van der Waals surface area contributed by atoms with Crippen LogP contribution in [0.3, 0.4) is 0 Å². The summed E-state index contributed by atoms with van der Waals surface area (Å²) in [6, 6.07) is 0.852. The van der Waals surface area contributed by atoms with Crippen molar-refractivity contribution in [1.82, 2.24) is 10.6 Å². The molecule has 0 bridgehead atoms. The Morgan fingerprint density at radius 2 is 2.06 bits per heavy atom. The standard InChI is InChI=1S/C13H26N2O2/c1-5-6-11(9-14-10-7-8-10)15-12(16)17-13(2,3)4/h10-11,14H,5-9H2,1-4H3,(H,15,16). The van der Waals surface area contributed by atoms with Crippen molar-refractivity contribution < 1.29 is 9.53 Å². The number of ether oxygens (including phenoxy) is 1. The third kappa shape index (κ3) is 7.21. The van der Waals surface area contributed by atoms with E-state index in [9.17, 15) is 4.79 Å². The third-order valence-electron chi connectivity index (χ3n) is 2.59. The van der Waals surface area contributed by atoms with Crippen LogP contribution in [0.5, 0.6) is 0 Å². The first-order chi connectivity index (χ1) is 7.90. The molecule has 100 valence electrons. The molecule has 0 saturated heterocycles. The third-order valence-corrected chi connectivity index (χ3v) is 2.59. The van der Waals surface area contributed by atoms with Gasteiger partial charge in [-0.1, -0.05) is 13.3 Å². The maximum atomic E-state index is 11.6. The van der Waals surface area contributed by atoms with Crippen LogP contribution in [0.15, 0.2) is 0 Å². The second kappa shape index (κ2) is 6.24. The van der Waals surface area contributed by atoms with Gasteiger partial charge in [0.1, 0.15) is 5.60 Å². The Kier molecular flexibility index (Phi) is 5.25. The van der Waals surface area contributed by atoms with E-state index in [1.165, 1.54) is 12.8 Å². The lowest BCUT2D eigenvalue weighted by atomic mass is 10.1. The molecule has 0 aliphatic heterocycles. The number of carbonyl (C=O) groups excluding carboxylic acids is 1. The fourth-order valence-electron chi connectivity index (χ4n) is 1.64. The van der Waals surface area contributed by atoms with Crippen LogP contribution in [0.25, 0.3) is 0 Å². The molecule has 0 spiro atoms. The predicted octanol–water partition coefficient (Wildman–Crippen LogP) is 2.43. The Labute approximate surface area is 104 Å². The summed E-state index contributed by atoms with van der Waals surface area (Å²) in [4.78, 5) is 11.6.